The third-order valence-corrected chi connectivity index (χ3v) is 4.04. The van der Waals surface area contributed by atoms with Gasteiger partial charge in [-0.25, -0.2) is 4.99 Å². The highest BCUT2D eigenvalue weighted by Gasteiger charge is 2.14. The van der Waals surface area contributed by atoms with E-state index in [1.54, 1.807) is 30.3 Å². The number of carbonyl (C=O) groups is 2. The van der Waals surface area contributed by atoms with Crippen molar-refractivity contribution < 1.29 is 18.7 Å². The number of ether oxygens (including phenoxy) is 1. The van der Waals surface area contributed by atoms with E-state index >= 15 is 0 Å². The molecule has 1 aromatic heterocycles. The van der Waals surface area contributed by atoms with Crippen molar-refractivity contribution in [2.75, 3.05) is 7.11 Å². The van der Waals surface area contributed by atoms with E-state index in [0.29, 0.717) is 22.4 Å². The van der Waals surface area contributed by atoms with Gasteiger partial charge in [-0.3, -0.25) is 14.9 Å². The monoisotopic (exact) mass is 414 g/mol. The summed E-state index contributed by atoms with van der Waals surface area (Å²) in [6, 6.07) is 14.2. The number of benzene rings is 2. The third-order valence-electron chi connectivity index (χ3n) is 3.55. The molecule has 0 bridgehead atoms. The summed E-state index contributed by atoms with van der Waals surface area (Å²) in [6.07, 6.45) is 0. The molecule has 0 saturated carbocycles. The number of amides is 2. The van der Waals surface area contributed by atoms with Crippen molar-refractivity contribution in [3.8, 4) is 5.75 Å². The smallest absolute Gasteiger partial charge is 0.263 e. The Balaban J connectivity index is 2.27. The Hall–Kier alpha value is -2.93. The second-order valence-electron chi connectivity index (χ2n) is 5.44. The molecule has 26 heavy (non-hydrogen) atoms. The molecule has 0 radical (unpaired) electrons. The molecule has 7 heteroatoms. The minimum atomic E-state index is -0.586. The predicted molar refractivity (Wildman–Crippen MR) is 100 cm³/mol. The summed E-state index contributed by atoms with van der Waals surface area (Å²) >= 11 is 3.39. The van der Waals surface area contributed by atoms with Gasteiger partial charge in [-0.1, -0.05) is 28.1 Å². The van der Waals surface area contributed by atoms with Crippen molar-refractivity contribution in [3.05, 3.63) is 64.1 Å². The zero-order chi connectivity index (χ0) is 18.7. The lowest BCUT2D eigenvalue weighted by molar-refractivity contribution is -0.118. The summed E-state index contributed by atoms with van der Waals surface area (Å²) in [5, 5.41) is 2.95. The molecule has 1 heterocycles. The summed E-state index contributed by atoms with van der Waals surface area (Å²) in [6.45, 7) is 1.27. The van der Waals surface area contributed by atoms with Crippen LogP contribution < -0.4 is 15.6 Å². The number of nitrogens with one attached hydrogen (secondary N) is 1. The number of carbonyl (C=O) groups excluding carboxylic acids is 2. The first-order valence-electron chi connectivity index (χ1n) is 7.71. The van der Waals surface area contributed by atoms with Gasteiger partial charge in [0.15, 0.2) is 0 Å². The normalized spacial score (nSPS) is 11.4. The Bertz CT molecular complexity index is 1070. The average molecular weight is 415 g/mol. The quantitative estimate of drug-likeness (QED) is 0.707. The molecule has 6 nitrogen and oxygen atoms in total. The van der Waals surface area contributed by atoms with Crippen LogP contribution in [0.15, 0.2) is 62.4 Å². The zero-order valence-electron chi connectivity index (χ0n) is 14.1. The standard InChI is InChI=1S/C19H15BrN2O4/c1-11(23)21-18(24)14-10-12-9-13(20)7-8-16(12)26-19(14)22-15-5-3-4-6-17(15)25-2/h3-10H,1-2H3,(H,21,23,24). The van der Waals surface area contributed by atoms with Gasteiger partial charge in [0, 0.05) is 16.8 Å². The fourth-order valence-electron chi connectivity index (χ4n) is 2.41. The van der Waals surface area contributed by atoms with E-state index in [4.69, 9.17) is 9.15 Å². The van der Waals surface area contributed by atoms with E-state index in [-0.39, 0.29) is 11.1 Å². The van der Waals surface area contributed by atoms with Gasteiger partial charge >= 0.3 is 0 Å². The number of para-hydroxylation sites is 2. The zero-order valence-corrected chi connectivity index (χ0v) is 15.7. The van der Waals surface area contributed by atoms with Gasteiger partial charge in [-0.15, -0.1) is 0 Å². The highest BCUT2D eigenvalue weighted by atomic mass is 79.9. The SMILES string of the molecule is COc1ccccc1N=c1oc2ccc(Br)cc2cc1C(=O)NC(C)=O. The minimum absolute atomic E-state index is 0.0862. The molecule has 0 aliphatic rings. The van der Waals surface area contributed by atoms with Gasteiger partial charge in [-0.05, 0) is 36.4 Å². The Morgan fingerprint density at radius 3 is 2.65 bits per heavy atom. The molecular weight excluding hydrogens is 400 g/mol. The maximum absolute atomic E-state index is 12.5. The highest BCUT2D eigenvalue weighted by molar-refractivity contribution is 9.10. The molecule has 0 spiro atoms. The Morgan fingerprint density at radius 1 is 1.15 bits per heavy atom. The molecule has 132 valence electrons. The number of methoxy groups -OCH3 is 1. The molecular formula is C19H15BrN2O4. The van der Waals surface area contributed by atoms with Crippen LogP contribution in [0.2, 0.25) is 0 Å². The van der Waals surface area contributed by atoms with E-state index in [0.717, 1.165) is 4.47 Å². The van der Waals surface area contributed by atoms with E-state index < -0.39 is 11.8 Å². The van der Waals surface area contributed by atoms with Crippen LogP contribution in [-0.2, 0) is 4.79 Å². The average Bonchev–Trinajstić information content (AvgIpc) is 2.61. The summed E-state index contributed by atoms with van der Waals surface area (Å²) in [4.78, 5) is 28.2. The van der Waals surface area contributed by atoms with Crippen LogP contribution in [-0.4, -0.2) is 18.9 Å². The Labute approximate surface area is 157 Å². The van der Waals surface area contributed by atoms with Gasteiger partial charge in [0.25, 0.3) is 5.91 Å². The van der Waals surface area contributed by atoms with Crippen LogP contribution in [0.3, 0.4) is 0 Å². The molecule has 3 rings (SSSR count). The molecule has 0 saturated heterocycles. The maximum Gasteiger partial charge on any atom is 0.263 e. The van der Waals surface area contributed by atoms with Crippen LogP contribution in [0.4, 0.5) is 5.69 Å². The number of hydrogen-bond acceptors (Lipinski definition) is 5. The van der Waals surface area contributed by atoms with Gasteiger partial charge in [0.1, 0.15) is 22.6 Å². The largest absolute Gasteiger partial charge is 0.494 e. The van der Waals surface area contributed by atoms with Crippen molar-refractivity contribution >= 4 is 44.4 Å². The predicted octanol–water partition coefficient (Wildman–Crippen LogP) is 3.71. The van der Waals surface area contributed by atoms with Crippen LogP contribution >= 0.6 is 15.9 Å². The number of nitrogens with zero attached hydrogens (tertiary/aromatic N) is 1. The van der Waals surface area contributed by atoms with Crippen molar-refractivity contribution in [3.63, 3.8) is 0 Å². The van der Waals surface area contributed by atoms with Crippen LogP contribution in [0.25, 0.3) is 11.0 Å². The highest BCUT2D eigenvalue weighted by Crippen LogP contribution is 2.26. The van der Waals surface area contributed by atoms with Crippen LogP contribution in [0.1, 0.15) is 17.3 Å². The number of rotatable bonds is 3. The maximum atomic E-state index is 12.5. The Kier molecular flexibility index (Phi) is 5.18. The molecule has 0 unspecified atom stereocenters. The molecule has 0 aliphatic heterocycles. The van der Waals surface area contributed by atoms with Crippen molar-refractivity contribution in [2.45, 2.75) is 6.92 Å². The molecule has 0 aliphatic carbocycles. The number of hydrogen-bond donors (Lipinski definition) is 1. The fraction of sp³-hybridized carbons (Fsp3) is 0.105. The van der Waals surface area contributed by atoms with Gasteiger partial charge in [0.2, 0.25) is 11.5 Å². The summed E-state index contributed by atoms with van der Waals surface area (Å²) in [5.41, 5.74) is 1.30. The van der Waals surface area contributed by atoms with Gasteiger partial charge in [-0.2, -0.15) is 0 Å². The fourth-order valence-corrected chi connectivity index (χ4v) is 2.78. The molecule has 3 aromatic rings. The molecule has 2 amide bonds. The number of fused-ring (bicyclic) bond motifs is 1. The molecule has 2 aromatic carbocycles. The molecule has 0 fully saturated rings. The topological polar surface area (TPSA) is 80.9 Å². The van der Waals surface area contributed by atoms with Crippen LogP contribution in [0, 0.1) is 0 Å². The second-order valence-corrected chi connectivity index (χ2v) is 6.36. The lowest BCUT2D eigenvalue weighted by Gasteiger charge is -2.06. The number of halogens is 1. The van der Waals surface area contributed by atoms with E-state index in [1.807, 2.05) is 18.2 Å². The first-order chi connectivity index (χ1) is 12.5. The second kappa shape index (κ2) is 7.53. The lowest BCUT2D eigenvalue weighted by atomic mass is 10.1. The number of imide groups is 1. The van der Waals surface area contributed by atoms with Crippen LogP contribution in [0.5, 0.6) is 5.75 Å². The van der Waals surface area contributed by atoms with E-state index in [9.17, 15) is 9.59 Å². The van der Waals surface area contributed by atoms with Crippen molar-refractivity contribution in [1.29, 1.82) is 0 Å². The third kappa shape index (κ3) is 3.83. The Morgan fingerprint density at radius 2 is 1.92 bits per heavy atom. The first kappa shape index (κ1) is 17.9. The summed E-state index contributed by atoms with van der Waals surface area (Å²) in [5.74, 6) is -0.513. The molecule has 0 atom stereocenters. The lowest BCUT2D eigenvalue weighted by Crippen LogP contribution is -2.32. The van der Waals surface area contributed by atoms with Crippen molar-refractivity contribution in [2.24, 2.45) is 4.99 Å². The van der Waals surface area contributed by atoms with E-state index in [2.05, 4.69) is 26.2 Å². The van der Waals surface area contributed by atoms with E-state index in [1.165, 1.54) is 14.0 Å². The first-order valence-corrected chi connectivity index (χ1v) is 8.50. The van der Waals surface area contributed by atoms with Gasteiger partial charge in [0.05, 0.1) is 7.11 Å². The summed E-state index contributed by atoms with van der Waals surface area (Å²) < 4.78 is 12.0. The van der Waals surface area contributed by atoms with Gasteiger partial charge < -0.3 is 9.15 Å². The van der Waals surface area contributed by atoms with Crippen molar-refractivity contribution in [1.82, 2.24) is 5.32 Å². The molecule has 1 N–H and O–H groups in total. The summed E-state index contributed by atoms with van der Waals surface area (Å²) in [7, 11) is 1.53. The minimum Gasteiger partial charge on any atom is -0.494 e.